The Kier molecular flexibility index (Phi) is 5.81. The van der Waals surface area contributed by atoms with Crippen LogP contribution < -0.4 is 5.32 Å². The molecule has 0 saturated carbocycles. The molecular weight excluding hydrogens is 310 g/mol. The number of hydrogen-bond donors (Lipinski definition) is 1. The fourth-order valence-electron chi connectivity index (χ4n) is 3.12. The molecule has 0 radical (unpaired) electrons. The Bertz CT molecular complexity index is 738. The van der Waals surface area contributed by atoms with Crippen molar-refractivity contribution >= 4 is 5.91 Å². The van der Waals surface area contributed by atoms with Gasteiger partial charge in [0, 0.05) is 18.7 Å². The van der Waals surface area contributed by atoms with Crippen LogP contribution in [0.1, 0.15) is 46.3 Å². The van der Waals surface area contributed by atoms with Crippen LogP contribution in [-0.2, 0) is 13.1 Å². The van der Waals surface area contributed by atoms with Crippen LogP contribution in [-0.4, -0.2) is 23.9 Å². The largest absolute Gasteiger partial charge is 0.348 e. The first-order valence-electron chi connectivity index (χ1n) is 8.83. The Labute approximate surface area is 149 Å². The summed E-state index contributed by atoms with van der Waals surface area (Å²) in [6.07, 6.45) is 3.97. The number of nitrogens with one attached hydrogen (secondary N) is 1. The van der Waals surface area contributed by atoms with Crippen LogP contribution >= 0.6 is 0 Å². The molecule has 2 aromatic carbocycles. The summed E-state index contributed by atoms with van der Waals surface area (Å²) < 4.78 is 0. The average molecular weight is 333 g/mol. The number of benzene rings is 2. The third kappa shape index (κ3) is 4.91. The van der Waals surface area contributed by atoms with Gasteiger partial charge in [0.05, 0.1) is 11.6 Å². The Hall–Kier alpha value is -2.64. The fraction of sp³-hybridized carbons (Fsp3) is 0.333. The number of rotatable bonds is 5. The molecule has 2 aromatic rings. The standard InChI is InChI=1S/C21H23N3O/c22-14-17-8-10-20(11-9-17)21(25)23-15-18-4-6-19(7-5-18)16-24-12-2-1-3-13-24/h4-11H,1-3,12-13,15-16H2,(H,23,25). The maximum Gasteiger partial charge on any atom is 0.251 e. The molecule has 4 heteroatoms. The van der Waals surface area contributed by atoms with E-state index in [-0.39, 0.29) is 5.91 Å². The number of nitriles is 1. The Balaban J connectivity index is 1.50. The average Bonchev–Trinajstić information content (AvgIpc) is 2.68. The summed E-state index contributed by atoms with van der Waals surface area (Å²) in [5.74, 6) is -0.123. The van der Waals surface area contributed by atoms with Crippen LogP contribution in [0.4, 0.5) is 0 Å². The summed E-state index contributed by atoms with van der Waals surface area (Å²) in [6, 6.07) is 17.2. The van der Waals surface area contributed by atoms with E-state index in [1.807, 2.05) is 0 Å². The number of likely N-dealkylation sites (tertiary alicyclic amines) is 1. The Morgan fingerprint density at radius 1 is 0.960 bits per heavy atom. The van der Waals surface area contributed by atoms with Gasteiger partial charge < -0.3 is 5.32 Å². The third-order valence-electron chi connectivity index (χ3n) is 4.61. The van der Waals surface area contributed by atoms with Crippen molar-refractivity contribution in [3.8, 4) is 6.07 Å². The predicted octanol–water partition coefficient (Wildman–Crippen LogP) is 3.47. The van der Waals surface area contributed by atoms with Crippen molar-refractivity contribution in [1.29, 1.82) is 5.26 Å². The van der Waals surface area contributed by atoms with Gasteiger partial charge in [0.25, 0.3) is 5.91 Å². The molecule has 1 fully saturated rings. The van der Waals surface area contributed by atoms with Crippen molar-refractivity contribution in [2.24, 2.45) is 0 Å². The molecule has 3 rings (SSSR count). The molecule has 0 aromatic heterocycles. The van der Waals surface area contributed by atoms with Crippen molar-refractivity contribution in [2.45, 2.75) is 32.4 Å². The van der Waals surface area contributed by atoms with Crippen molar-refractivity contribution in [3.63, 3.8) is 0 Å². The SMILES string of the molecule is N#Cc1ccc(C(=O)NCc2ccc(CN3CCCCC3)cc2)cc1. The zero-order chi connectivity index (χ0) is 17.5. The highest BCUT2D eigenvalue weighted by molar-refractivity contribution is 5.94. The highest BCUT2D eigenvalue weighted by Gasteiger charge is 2.10. The monoisotopic (exact) mass is 333 g/mol. The van der Waals surface area contributed by atoms with Gasteiger partial charge >= 0.3 is 0 Å². The molecule has 1 heterocycles. The van der Waals surface area contributed by atoms with Crippen LogP contribution in [0.2, 0.25) is 0 Å². The molecular formula is C21H23N3O. The van der Waals surface area contributed by atoms with Gasteiger partial charge in [0.2, 0.25) is 0 Å². The van der Waals surface area contributed by atoms with Crippen molar-refractivity contribution in [1.82, 2.24) is 10.2 Å². The van der Waals surface area contributed by atoms with E-state index >= 15 is 0 Å². The topological polar surface area (TPSA) is 56.1 Å². The lowest BCUT2D eigenvalue weighted by Crippen LogP contribution is -2.29. The molecule has 0 aliphatic carbocycles. The molecule has 0 atom stereocenters. The molecule has 4 nitrogen and oxygen atoms in total. The normalized spacial score (nSPS) is 14.7. The molecule has 0 bridgehead atoms. The maximum absolute atomic E-state index is 12.1. The number of piperidine rings is 1. The summed E-state index contributed by atoms with van der Waals surface area (Å²) in [4.78, 5) is 14.7. The smallest absolute Gasteiger partial charge is 0.251 e. The van der Waals surface area contributed by atoms with Crippen LogP contribution in [0.3, 0.4) is 0 Å². The van der Waals surface area contributed by atoms with Gasteiger partial charge in [-0.2, -0.15) is 5.26 Å². The summed E-state index contributed by atoms with van der Waals surface area (Å²) in [7, 11) is 0. The second-order valence-electron chi connectivity index (χ2n) is 6.53. The number of carbonyl (C=O) groups is 1. The second-order valence-corrected chi connectivity index (χ2v) is 6.53. The summed E-state index contributed by atoms with van der Waals surface area (Å²) in [5, 5.41) is 11.7. The number of amides is 1. The van der Waals surface area contributed by atoms with Gasteiger partial charge in [-0.05, 0) is 61.3 Å². The van der Waals surface area contributed by atoms with E-state index < -0.39 is 0 Å². The van der Waals surface area contributed by atoms with Crippen LogP contribution in [0.15, 0.2) is 48.5 Å². The van der Waals surface area contributed by atoms with E-state index in [0.29, 0.717) is 17.7 Å². The van der Waals surface area contributed by atoms with Gasteiger partial charge in [0.1, 0.15) is 0 Å². The van der Waals surface area contributed by atoms with Crippen molar-refractivity contribution in [2.75, 3.05) is 13.1 Å². The molecule has 1 saturated heterocycles. The molecule has 1 amide bonds. The molecule has 1 N–H and O–H groups in total. The number of carbonyl (C=O) groups excluding carboxylic acids is 1. The zero-order valence-corrected chi connectivity index (χ0v) is 14.4. The first kappa shape index (κ1) is 17.2. The molecule has 0 spiro atoms. The molecule has 0 unspecified atom stereocenters. The summed E-state index contributed by atoms with van der Waals surface area (Å²) in [5.41, 5.74) is 3.54. The van der Waals surface area contributed by atoms with E-state index in [4.69, 9.17) is 5.26 Å². The summed E-state index contributed by atoms with van der Waals surface area (Å²) >= 11 is 0. The summed E-state index contributed by atoms with van der Waals surface area (Å²) in [6.45, 7) is 3.91. The van der Waals surface area contributed by atoms with Crippen LogP contribution in [0.5, 0.6) is 0 Å². The van der Waals surface area contributed by atoms with E-state index in [2.05, 4.69) is 40.6 Å². The maximum atomic E-state index is 12.1. The minimum Gasteiger partial charge on any atom is -0.348 e. The minimum absolute atomic E-state index is 0.123. The quantitative estimate of drug-likeness (QED) is 0.911. The van der Waals surface area contributed by atoms with Gasteiger partial charge in [-0.1, -0.05) is 30.7 Å². The van der Waals surface area contributed by atoms with Crippen LogP contribution in [0.25, 0.3) is 0 Å². The predicted molar refractivity (Wildman–Crippen MR) is 97.9 cm³/mol. The van der Waals surface area contributed by atoms with Crippen molar-refractivity contribution in [3.05, 3.63) is 70.8 Å². The van der Waals surface area contributed by atoms with E-state index in [1.54, 1.807) is 24.3 Å². The molecule has 1 aliphatic rings. The van der Waals surface area contributed by atoms with Crippen molar-refractivity contribution < 1.29 is 4.79 Å². The Morgan fingerprint density at radius 3 is 2.24 bits per heavy atom. The van der Waals surface area contributed by atoms with Gasteiger partial charge in [-0.15, -0.1) is 0 Å². The number of hydrogen-bond acceptors (Lipinski definition) is 3. The number of nitrogens with zero attached hydrogens (tertiary/aromatic N) is 2. The van der Waals surface area contributed by atoms with Crippen LogP contribution in [0, 0.1) is 11.3 Å². The molecule has 25 heavy (non-hydrogen) atoms. The van der Waals surface area contributed by atoms with E-state index in [9.17, 15) is 4.79 Å². The van der Waals surface area contributed by atoms with E-state index in [0.717, 1.165) is 12.1 Å². The first-order chi connectivity index (χ1) is 12.2. The lowest BCUT2D eigenvalue weighted by Gasteiger charge is -2.26. The molecule has 128 valence electrons. The lowest BCUT2D eigenvalue weighted by molar-refractivity contribution is 0.0951. The zero-order valence-electron chi connectivity index (χ0n) is 14.4. The minimum atomic E-state index is -0.123. The highest BCUT2D eigenvalue weighted by Crippen LogP contribution is 2.13. The third-order valence-corrected chi connectivity index (χ3v) is 4.61. The van der Waals surface area contributed by atoms with Gasteiger partial charge in [0.15, 0.2) is 0 Å². The lowest BCUT2D eigenvalue weighted by atomic mass is 10.1. The van der Waals surface area contributed by atoms with Gasteiger partial charge in [-0.25, -0.2) is 0 Å². The second kappa shape index (κ2) is 8.46. The highest BCUT2D eigenvalue weighted by atomic mass is 16.1. The fourth-order valence-corrected chi connectivity index (χ4v) is 3.12. The first-order valence-corrected chi connectivity index (χ1v) is 8.83. The van der Waals surface area contributed by atoms with Gasteiger partial charge in [-0.3, -0.25) is 9.69 Å². The molecule has 1 aliphatic heterocycles. The Morgan fingerprint density at radius 2 is 1.60 bits per heavy atom. The van der Waals surface area contributed by atoms with E-state index in [1.165, 1.54) is 37.9 Å².